The number of ether oxygens (including phenoxy) is 1. The van der Waals surface area contributed by atoms with Gasteiger partial charge in [0.2, 0.25) is 5.91 Å². The summed E-state index contributed by atoms with van der Waals surface area (Å²) in [4.78, 5) is 11.2. The van der Waals surface area contributed by atoms with Crippen LogP contribution < -0.4 is 5.32 Å². The smallest absolute Gasteiger partial charge is 0.228 e. The van der Waals surface area contributed by atoms with E-state index in [0.29, 0.717) is 19.6 Å². The maximum atomic E-state index is 11.2. The van der Waals surface area contributed by atoms with Crippen molar-refractivity contribution >= 4 is 24.2 Å². The predicted octanol–water partition coefficient (Wildman–Crippen LogP) is 1.34. The summed E-state index contributed by atoms with van der Waals surface area (Å²) in [6, 6.07) is 6.02. The van der Waals surface area contributed by atoms with Crippen molar-refractivity contribution < 1.29 is 9.53 Å². The zero-order valence-electron chi connectivity index (χ0n) is 8.12. The molecule has 2 aliphatic rings. The summed E-state index contributed by atoms with van der Waals surface area (Å²) in [5.74, 6) is 0.0697. The van der Waals surface area contributed by atoms with Crippen molar-refractivity contribution in [1.82, 2.24) is 0 Å². The molecule has 0 aliphatic carbocycles. The third-order valence-electron chi connectivity index (χ3n) is 2.95. The van der Waals surface area contributed by atoms with E-state index in [-0.39, 0.29) is 10.7 Å². The Morgan fingerprint density at radius 2 is 2.20 bits per heavy atom. The zero-order valence-corrected chi connectivity index (χ0v) is 9.01. The zero-order chi connectivity index (χ0) is 10.5. The van der Waals surface area contributed by atoms with Gasteiger partial charge in [-0.1, -0.05) is 12.1 Å². The van der Waals surface area contributed by atoms with Crippen molar-refractivity contribution in [3.05, 3.63) is 29.3 Å². The Morgan fingerprint density at radius 3 is 2.87 bits per heavy atom. The SMILES string of the molecule is O=C1Cc2cc(C3(S)COC3)ccc2N1. The maximum absolute atomic E-state index is 11.2. The molecule has 3 rings (SSSR count). The van der Waals surface area contributed by atoms with Crippen molar-refractivity contribution in [2.45, 2.75) is 11.2 Å². The Bertz CT molecular complexity index is 440. The number of hydrogen-bond acceptors (Lipinski definition) is 3. The van der Waals surface area contributed by atoms with Gasteiger partial charge in [0.25, 0.3) is 0 Å². The summed E-state index contributed by atoms with van der Waals surface area (Å²) in [5, 5.41) is 2.82. The molecule has 1 aromatic rings. The number of nitrogens with one attached hydrogen (secondary N) is 1. The van der Waals surface area contributed by atoms with E-state index in [1.165, 1.54) is 0 Å². The molecule has 2 heterocycles. The minimum atomic E-state index is -0.152. The Kier molecular flexibility index (Phi) is 1.85. The molecule has 1 fully saturated rings. The van der Waals surface area contributed by atoms with E-state index >= 15 is 0 Å². The van der Waals surface area contributed by atoms with E-state index in [4.69, 9.17) is 4.74 Å². The molecule has 0 saturated carbocycles. The normalized spacial score (nSPS) is 21.8. The number of fused-ring (bicyclic) bond motifs is 1. The van der Waals surface area contributed by atoms with E-state index in [1.807, 2.05) is 12.1 Å². The molecule has 15 heavy (non-hydrogen) atoms. The Labute approximate surface area is 93.2 Å². The summed E-state index contributed by atoms with van der Waals surface area (Å²) in [6.07, 6.45) is 0.480. The van der Waals surface area contributed by atoms with E-state index in [0.717, 1.165) is 16.8 Å². The van der Waals surface area contributed by atoms with Crippen LogP contribution in [0.5, 0.6) is 0 Å². The van der Waals surface area contributed by atoms with Gasteiger partial charge in [0, 0.05) is 5.69 Å². The van der Waals surface area contributed by atoms with Crippen LogP contribution in [0.1, 0.15) is 11.1 Å². The third kappa shape index (κ3) is 1.36. The molecule has 0 spiro atoms. The van der Waals surface area contributed by atoms with Crippen molar-refractivity contribution in [3.63, 3.8) is 0 Å². The fraction of sp³-hybridized carbons (Fsp3) is 0.364. The van der Waals surface area contributed by atoms with Gasteiger partial charge in [-0.15, -0.1) is 0 Å². The summed E-state index contributed by atoms with van der Waals surface area (Å²) in [5.41, 5.74) is 3.14. The number of anilines is 1. The fourth-order valence-corrected chi connectivity index (χ4v) is 2.30. The monoisotopic (exact) mass is 221 g/mol. The minimum Gasteiger partial charge on any atom is -0.378 e. The van der Waals surface area contributed by atoms with Crippen LogP contribution in [0.2, 0.25) is 0 Å². The van der Waals surface area contributed by atoms with Gasteiger partial charge < -0.3 is 10.1 Å². The van der Waals surface area contributed by atoms with Crippen molar-refractivity contribution in [2.75, 3.05) is 18.5 Å². The number of benzene rings is 1. The lowest BCUT2D eigenvalue weighted by molar-refractivity contribution is -0.115. The highest BCUT2D eigenvalue weighted by molar-refractivity contribution is 7.81. The molecule has 1 saturated heterocycles. The van der Waals surface area contributed by atoms with Gasteiger partial charge in [0.05, 0.1) is 24.4 Å². The van der Waals surface area contributed by atoms with Crippen LogP contribution in [0.15, 0.2) is 18.2 Å². The fourth-order valence-electron chi connectivity index (χ4n) is 1.98. The first-order chi connectivity index (χ1) is 7.17. The Hall–Kier alpha value is -1.00. The van der Waals surface area contributed by atoms with Gasteiger partial charge in [0.1, 0.15) is 0 Å². The molecular formula is C11H11NO2S. The summed E-state index contributed by atoms with van der Waals surface area (Å²) in [6.45, 7) is 1.30. The first-order valence-electron chi connectivity index (χ1n) is 4.91. The number of rotatable bonds is 1. The van der Waals surface area contributed by atoms with Crippen LogP contribution in [-0.4, -0.2) is 19.1 Å². The van der Waals surface area contributed by atoms with Gasteiger partial charge in [0.15, 0.2) is 0 Å². The number of carbonyl (C=O) groups is 1. The maximum Gasteiger partial charge on any atom is 0.228 e. The number of amides is 1. The number of thiol groups is 1. The quantitative estimate of drug-likeness (QED) is 0.702. The number of hydrogen-bond donors (Lipinski definition) is 2. The molecule has 0 radical (unpaired) electrons. The van der Waals surface area contributed by atoms with Crippen LogP contribution in [0.25, 0.3) is 0 Å². The summed E-state index contributed by atoms with van der Waals surface area (Å²) in [7, 11) is 0. The molecule has 0 bridgehead atoms. The lowest BCUT2D eigenvalue weighted by Crippen LogP contribution is -2.41. The Morgan fingerprint density at radius 1 is 1.40 bits per heavy atom. The molecule has 4 heteroatoms. The first-order valence-corrected chi connectivity index (χ1v) is 5.35. The molecule has 0 atom stereocenters. The highest BCUT2D eigenvalue weighted by Crippen LogP contribution is 2.38. The molecule has 0 aromatic heterocycles. The van der Waals surface area contributed by atoms with Gasteiger partial charge in [-0.3, -0.25) is 4.79 Å². The van der Waals surface area contributed by atoms with E-state index in [1.54, 1.807) is 0 Å². The molecule has 2 aliphatic heterocycles. The van der Waals surface area contributed by atoms with Gasteiger partial charge in [-0.25, -0.2) is 0 Å². The average molecular weight is 221 g/mol. The molecule has 78 valence electrons. The van der Waals surface area contributed by atoms with E-state index in [9.17, 15) is 4.79 Å². The van der Waals surface area contributed by atoms with Crippen LogP contribution in [0.4, 0.5) is 5.69 Å². The molecular weight excluding hydrogens is 210 g/mol. The van der Waals surface area contributed by atoms with E-state index < -0.39 is 0 Å². The van der Waals surface area contributed by atoms with Gasteiger partial charge in [-0.05, 0) is 17.2 Å². The van der Waals surface area contributed by atoms with E-state index in [2.05, 4.69) is 24.0 Å². The second-order valence-corrected chi connectivity index (χ2v) is 4.98. The van der Waals surface area contributed by atoms with Crippen molar-refractivity contribution in [3.8, 4) is 0 Å². The van der Waals surface area contributed by atoms with Crippen LogP contribution in [-0.2, 0) is 20.7 Å². The van der Waals surface area contributed by atoms with Crippen LogP contribution in [0, 0.1) is 0 Å². The third-order valence-corrected chi connectivity index (χ3v) is 3.47. The van der Waals surface area contributed by atoms with Gasteiger partial charge in [-0.2, -0.15) is 12.6 Å². The molecule has 1 N–H and O–H groups in total. The van der Waals surface area contributed by atoms with Crippen molar-refractivity contribution in [1.29, 1.82) is 0 Å². The standard InChI is InChI=1S/C11H11NO2S/c13-10-4-7-3-8(1-2-9(7)12-10)11(15)5-14-6-11/h1-3,15H,4-6H2,(H,12,13). The lowest BCUT2D eigenvalue weighted by Gasteiger charge is -2.37. The molecule has 3 nitrogen and oxygen atoms in total. The largest absolute Gasteiger partial charge is 0.378 e. The highest BCUT2D eigenvalue weighted by atomic mass is 32.1. The average Bonchev–Trinajstić information content (AvgIpc) is 2.53. The minimum absolute atomic E-state index is 0.0697. The van der Waals surface area contributed by atoms with Crippen LogP contribution in [0.3, 0.4) is 0 Å². The van der Waals surface area contributed by atoms with Crippen LogP contribution >= 0.6 is 12.6 Å². The first kappa shape index (κ1) is 9.24. The summed E-state index contributed by atoms with van der Waals surface area (Å²) >= 11 is 4.60. The lowest BCUT2D eigenvalue weighted by atomic mass is 9.94. The molecule has 0 unspecified atom stereocenters. The summed E-state index contributed by atoms with van der Waals surface area (Å²) < 4.78 is 5.02. The predicted molar refractivity (Wildman–Crippen MR) is 60.3 cm³/mol. The number of carbonyl (C=O) groups excluding carboxylic acids is 1. The highest BCUT2D eigenvalue weighted by Gasteiger charge is 2.37. The van der Waals surface area contributed by atoms with Gasteiger partial charge >= 0.3 is 0 Å². The molecule has 1 amide bonds. The molecule has 1 aromatic carbocycles. The Balaban J connectivity index is 1.99. The second-order valence-electron chi connectivity index (χ2n) is 4.12. The second kappa shape index (κ2) is 3.00. The topological polar surface area (TPSA) is 38.3 Å². The van der Waals surface area contributed by atoms with Crippen molar-refractivity contribution in [2.24, 2.45) is 0 Å².